The number of aliphatic hydroxyl groups excluding tert-OH is 1. The smallest absolute Gasteiger partial charge is 0.254 e. The van der Waals surface area contributed by atoms with Gasteiger partial charge in [-0.2, -0.15) is 0 Å². The molecule has 0 fully saturated rings. The Hall–Kier alpha value is -1.62. The van der Waals surface area contributed by atoms with E-state index in [1.54, 1.807) is 20.9 Å². The van der Waals surface area contributed by atoms with Crippen LogP contribution in [-0.2, 0) is 0 Å². The van der Waals surface area contributed by atoms with Crippen molar-refractivity contribution in [2.24, 2.45) is 0 Å². The highest BCUT2D eigenvalue weighted by Crippen LogP contribution is 2.19. The van der Waals surface area contributed by atoms with Gasteiger partial charge in [-0.25, -0.2) is 4.39 Å². The van der Waals surface area contributed by atoms with E-state index in [-0.39, 0.29) is 29.8 Å². The average Bonchev–Trinajstić information content (AvgIpc) is 2.32. The second-order valence-corrected chi connectivity index (χ2v) is 4.12. The number of hydrogen-bond acceptors (Lipinski definition) is 3. The number of carbonyl (C=O) groups is 1. The maximum Gasteiger partial charge on any atom is 0.254 e. The van der Waals surface area contributed by atoms with Crippen LogP contribution in [0.25, 0.3) is 0 Å². The molecule has 0 aliphatic rings. The van der Waals surface area contributed by atoms with Gasteiger partial charge in [-0.1, -0.05) is 0 Å². The molecule has 4 nitrogen and oxygen atoms in total. The van der Waals surface area contributed by atoms with Gasteiger partial charge >= 0.3 is 0 Å². The Morgan fingerprint density at radius 1 is 1.59 bits per heavy atom. The Balaban J connectivity index is 3.05. The third-order valence-electron chi connectivity index (χ3n) is 2.88. The number of likely N-dealkylation sites (N-methyl/N-ethyl adjacent to an activating group) is 1. The molecule has 0 aliphatic heterocycles. The standard InChI is InChI=1S/C12H17FN2O2/c1-7(6-16)15(3)12(17)9-4-10(13)8(2)11(14)5-9/h4-5,7,16H,6,14H2,1-3H3. The van der Waals surface area contributed by atoms with Crippen molar-refractivity contribution < 1.29 is 14.3 Å². The van der Waals surface area contributed by atoms with E-state index >= 15 is 0 Å². The van der Waals surface area contributed by atoms with Gasteiger partial charge in [0.1, 0.15) is 5.82 Å². The molecule has 1 aromatic rings. The summed E-state index contributed by atoms with van der Waals surface area (Å²) in [6, 6.07) is 2.28. The topological polar surface area (TPSA) is 66.6 Å². The SMILES string of the molecule is Cc1c(N)cc(C(=O)N(C)C(C)CO)cc1F. The number of halogens is 1. The number of benzene rings is 1. The van der Waals surface area contributed by atoms with Crippen LogP contribution in [0, 0.1) is 12.7 Å². The summed E-state index contributed by atoms with van der Waals surface area (Å²) in [5.74, 6) is -0.865. The molecule has 1 aromatic carbocycles. The predicted octanol–water partition coefficient (Wildman–Crippen LogP) is 1.17. The van der Waals surface area contributed by atoms with E-state index in [1.807, 2.05) is 0 Å². The highest BCUT2D eigenvalue weighted by molar-refractivity contribution is 5.95. The molecule has 0 saturated carbocycles. The van der Waals surface area contributed by atoms with Crippen LogP contribution < -0.4 is 5.73 Å². The van der Waals surface area contributed by atoms with E-state index in [1.165, 1.54) is 11.0 Å². The number of aliphatic hydroxyl groups is 1. The van der Waals surface area contributed by atoms with Crippen LogP contribution in [0.3, 0.4) is 0 Å². The number of nitrogens with zero attached hydrogens (tertiary/aromatic N) is 1. The number of carbonyl (C=O) groups excluding carboxylic acids is 1. The molecule has 1 unspecified atom stereocenters. The highest BCUT2D eigenvalue weighted by atomic mass is 19.1. The molecule has 0 spiro atoms. The van der Waals surface area contributed by atoms with E-state index in [0.29, 0.717) is 5.56 Å². The van der Waals surface area contributed by atoms with Crippen LogP contribution in [0.1, 0.15) is 22.8 Å². The summed E-state index contributed by atoms with van der Waals surface area (Å²) in [5, 5.41) is 8.96. The van der Waals surface area contributed by atoms with Crippen molar-refractivity contribution in [3.05, 3.63) is 29.1 Å². The third kappa shape index (κ3) is 2.74. The lowest BCUT2D eigenvalue weighted by atomic mass is 10.1. The molecule has 1 amide bonds. The molecule has 0 aromatic heterocycles. The first-order valence-corrected chi connectivity index (χ1v) is 5.32. The van der Waals surface area contributed by atoms with Crippen molar-refractivity contribution in [2.45, 2.75) is 19.9 Å². The van der Waals surface area contributed by atoms with Gasteiger partial charge in [0.15, 0.2) is 0 Å². The van der Waals surface area contributed by atoms with Gasteiger partial charge in [-0.15, -0.1) is 0 Å². The van der Waals surface area contributed by atoms with Gasteiger partial charge in [0.25, 0.3) is 5.91 Å². The van der Waals surface area contributed by atoms with Gasteiger partial charge in [-0.05, 0) is 26.0 Å². The van der Waals surface area contributed by atoms with Crippen LogP contribution in [-0.4, -0.2) is 35.6 Å². The Bertz CT molecular complexity index is 412. The summed E-state index contributed by atoms with van der Waals surface area (Å²) in [6.45, 7) is 3.11. The zero-order valence-electron chi connectivity index (χ0n) is 10.2. The minimum atomic E-state index is -0.501. The lowest BCUT2D eigenvalue weighted by molar-refractivity contribution is 0.0682. The summed E-state index contributed by atoms with van der Waals surface area (Å²) in [4.78, 5) is 13.3. The molecule has 0 saturated heterocycles. The monoisotopic (exact) mass is 240 g/mol. The van der Waals surface area contributed by atoms with Gasteiger partial charge in [-0.3, -0.25) is 4.79 Å². The van der Waals surface area contributed by atoms with Gasteiger partial charge in [0.2, 0.25) is 0 Å². The normalized spacial score (nSPS) is 12.3. The molecule has 1 atom stereocenters. The second-order valence-electron chi connectivity index (χ2n) is 4.12. The number of anilines is 1. The van der Waals surface area contributed by atoms with E-state index in [0.717, 1.165) is 6.07 Å². The van der Waals surface area contributed by atoms with Crippen molar-refractivity contribution >= 4 is 11.6 Å². The fourth-order valence-corrected chi connectivity index (χ4v) is 1.35. The zero-order chi connectivity index (χ0) is 13.2. The lowest BCUT2D eigenvalue weighted by Gasteiger charge is -2.23. The number of nitrogen functional groups attached to an aromatic ring is 1. The predicted molar refractivity (Wildman–Crippen MR) is 64.2 cm³/mol. The first kappa shape index (κ1) is 13.4. The quantitative estimate of drug-likeness (QED) is 0.779. The average molecular weight is 240 g/mol. The number of rotatable bonds is 3. The Labute approximate surface area is 99.8 Å². The van der Waals surface area contributed by atoms with Gasteiger partial charge in [0.05, 0.1) is 12.6 Å². The minimum Gasteiger partial charge on any atom is -0.398 e. The molecule has 17 heavy (non-hydrogen) atoms. The third-order valence-corrected chi connectivity index (χ3v) is 2.88. The molecule has 0 bridgehead atoms. The molecule has 3 N–H and O–H groups in total. The van der Waals surface area contributed by atoms with Crippen molar-refractivity contribution in [2.75, 3.05) is 19.4 Å². The minimum absolute atomic E-state index is 0.147. The largest absolute Gasteiger partial charge is 0.398 e. The lowest BCUT2D eigenvalue weighted by Crippen LogP contribution is -2.37. The van der Waals surface area contributed by atoms with Crippen LogP contribution >= 0.6 is 0 Å². The Kier molecular flexibility index (Phi) is 4.07. The molecule has 94 valence electrons. The maximum atomic E-state index is 13.4. The maximum absolute atomic E-state index is 13.4. The van der Waals surface area contributed by atoms with E-state index in [2.05, 4.69) is 0 Å². The van der Waals surface area contributed by atoms with Crippen molar-refractivity contribution in [1.29, 1.82) is 0 Å². The highest BCUT2D eigenvalue weighted by Gasteiger charge is 2.18. The number of nitrogens with two attached hydrogens (primary N) is 1. The summed E-state index contributed by atoms with van der Waals surface area (Å²) in [7, 11) is 1.55. The van der Waals surface area contributed by atoms with Crippen LogP contribution in [0.4, 0.5) is 10.1 Å². The van der Waals surface area contributed by atoms with Gasteiger partial charge in [0, 0.05) is 23.9 Å². The Morgan fingerprint density at radius 2 is 2.18 bits per heavy atom. The van der Waals surface area contributed by atoms with E-state index < -0.39 is 5.82 Å². The van der Waals surface area contributed by atoms with Crippen LogP contribution in [0.2, 0.25) is 0 Å². The van der Waals surface area contributed by atoms with Gasteiger partial charge < -0.3 is 15.7 Å². The molecule has 0 heterocycles. The molecular weight excluding hydrogens is 223 g/mol. The van der Waals surface area contributed by atoms with E-state index in [9.17, 15) is 9.18 Å². The number of hydrogen-bond donors (Lipinski definition) is 2. The van der Waals surface area contributed by atoms with Crippen molar-refractivity contribution in [3.63, 3.8) is 0 Å². The summed E-state index contributed by atoms with van der Waals surface area (Å²) >= 11 is 0. The molecule has 0 aliphatic carbocycles. The summed E-state index contributed by atoms with van der Waals surface area (Å²) in [5.41, 5.74) is 6.38. The molecule has 0 radical (unpaired) electrons. The molecular formula is C12H17FN2O2. The fourth-order valence-electron chi connectivity index (χ4n) is 1.35. The molecule has 5 heteroatoms. The second kappa shape index (κ2) is 5.14. The zero-order valence-corrected chi connectivity index (χ0v) is 10.2. The van der Waals surface area contributed by atoms with Crippen molar-refractivity contribution in [1.82, 2.24) is 4.90 Å². The Morgan fingerprint density at radius 3 is 2.65 bits per heavy atom. The first-order valence-electron chi connectivity index (χ1n) is 5.32. The number of amides is 1. The van der Waals surface area contributed by atoms with Crippen molar-refractivity contribution in [3.8, 4) is 0 Å². The van der Waals surface area contributed by atoms with Crippen LogP contribution in [0.5, 0.6) is 0 Å². The summed E-state index contributed by atoms with van der Waals surface area (Å²) < 4.78 is 13.4. The first-order chi connectivity index (χ1) is 7.88. The molecule has 1 rings (SSSR count). The van der Waals surface area contributed by atoms with Crippen LogP contribution in [0.15, 0.2) is 12.1 Å². The van der Waals surface area contributed by atoms with E-state index in [4.69, 9.17) is 10.8 Å². The fraction of sp³-hybridized carbons (Fsp3) is 0.417. The summed E-state index contributed by atoms with van der Waals surface area (Å²) in [6.07, 6.45) is 0.